The monoisotopic (exact) mass is 410 g/mol. The predicted molar refractivity (Wildman–Crippen MR) is 98.7 cm³/mol. The lowest BCUT2D eigenvalue weighted by molar-refractivity contribution is -0.153. The van der Waals surface area contributed by atoms with Gasteiger partial charge in [-0.25, -0.2) is 0 Å². The van der Waals surface area contributed by atoms with Crippen LogP contribution in [0.1, 0.15) is 24.8 Å². The van der Waals surface area contributed by atoms with Crippen molar-refractivity contribution in [3.63, 3.8) is 0 Å². The van der Waals surface area contributed by atoms with E-state index >= 15 is 0 Å². The molecule has 154 valence electrons. The van der Waals surface area contributed by atoms with Gasteiger partial charge < -0.3 is 20.1 Å². The molecule has 0 spiro atoms. The van der Waals surface area contributed by atoms with E-state index in [1.807, 2.05) is 0 Å². The minimum Gasteiger partial charge on any atom is -0.493 e. The summed E-state index contributed by atoms with van der Waals surface area (Å²) in [4.78, 5) is 11.9. The van der Waals surface area contributed by atoms with Crippen molar-refractivity contribution in [3.8, 4) is 11.5 Å². The minimum atomic E-state index is -4.41. The predicted octanol–water partition coefficient (Wildman–Crippen LogP) is 3.11. The molecule has 0 aliphatic carbocycles. The highest BCUT2D eigenvalue weighted by atomic mass is 35.5. The van der Waals surface area contributed by atoms with Crippen LogP contribution < -0.4 is 20.1 Å². The summed E-state index contributed by atoms with van der Waals surface area (Å²) in [7, 11) is 1.37. The number of methoxy groups -OCH3 is 1. The van der Waals surface area contributed by atoms with Gasteiger partial charge >= 0.3 is 6.18 Å². The molecule has 1 fully saturated rings. The molecule has 5 nitrogen and oxygen atoms in total. The van der Waals surface area contributed by atoms with Gasteiger partial charge in [0, 0.05) is 13.0 Å². The highest BCUT2D eigenvalue weighted by Gasteiger charge is 2.29. The Bertz CT molecular complexity index is 594. The molecular formula is C18H26ClF3N2O3. The second-order valence-electron chi connectivity index (χ2n) is 6.39. The molecule has 2 N–H and O–H groups in total. The second-order valence-corrected chi connectivity index (χ2v) is 6.39. The van der Waals surface area contributed by atoms with E-state index < -0.39 is 12.8 Å². The molecule has 0 saturated carbocycles. The molecular weight excluding hydrogens is 385 g/mol. The van der Waals surface area contributed by atoms with Gasteiger partial charge in [0.15, 0.2) is 18.1 Å². The third-order valence-corrected chi connectivity index (χ3v) is 4.30. The number of amides is 1. The third kappa shape index (κ3) is 8.71. The van der Waals surface area contributed by atoms with Crippen molar-refractivity contribution in [1.29, 1.82) is 0 Å². The number of rotatable bonds is 9. The van der Waals surface area contributed by atoms with Crippen LogP contribution in [0.2, 0.25) is 0 Å². The van der Waals surface area contributed by atoms with Crippen LogP contribution in [0.25, 0.3) is 0 Å². The van der Waals surface area contributed by atoms with Crippen LogP contribution in [-0.2, 0) is 11.2 Å². The SMILES string of the molecule is COc1cc(CCC(=O)NCCC2CCNC2)ccc1OCC(F)(F)F.Cl. The Morgan fingerprint density at radius 3 is 2.74 bits per heavy atom. The van der Waals surface area contributed by atoms with Gasteiger partial charge in [0.25, 0.3) is 0 Å². The number of carbonyl (C=O) groups is 1. The van der Waals surface area contributed by atoms with Crippen molar-refractivity contribution in [2.45, 2.75) is 31.9 Å². The highest BCUT2D eigenvalue weighted by Crippen LogP contribution is 2.30. The number of hydrogen-bond acceptors (Lipinski definition) is 4. The van der Waals surface area contributed by atoms with Gasteiger partial charge in [-0.2, -0.15) is 13.2 Å². The Balaban J connectivity index is 0.00000364. The lowest BCUT2D eigenvalue weighted by Crippen LogP contribution is -2.26. The summed E-state index contributed by atoms with van der Waals surface area (Å²) < 4.78 is 46.6. The Morgan fingerprint density at radius 2 is 2.11 bits per heavy atom. The number of hydrogen-bond donors (Lipinski definition) is 2. The van der Waals surface area contributed by atoms with Gasteiger partial charge in [-0.1, -0.05) is 6.07 Å². The Morgan fingerprint density at radius 1 is 1.33 bits per heavy atom. The molecule has 27 heavy (non-hydrogen) atoms. The van der Waals surface area contributed by atoms with Gasteiger partial charge in [0.2, 0.25) is 5.91 Å². The number of alkyl halides is 3. The van der Waals surface area contributed by atoms with E-state index in [1.54, 1.807) is 12.1 Å². The van der Waals surface area contributed by atoms with Crippen LogP contribution in [-0.4, -0.2) is 45.4 Å². The van der Waals surface area contributed by atoms with E-state index in [0.717, 1.165) is 31.5 Å². The minimum absolute atomic E-state index is 0. The third-order valence-electron chi connectivity index (χ3n) is 4.30. The van der Waals surface area contributed by atoms with E-state index in [1.165, 1.54) is 13.2 Å². The zero-order chi connectivity index (χ0) is 19.0. The molecule has 1 saturated heterocycles. The van der Waals surface area contributed by atoms with Crippen LogP contribution in [0.4, 0.5) is 13.2 Å². The van der Waals surface area contributed by atoms with Crippen LogP contribution in [0.3, 0.4) is 0 Å². The molecule has 1 unspecified atom stereocenters. The normalized spacial score (nSPS) is 16.5. The molecule has 0 bridgehead atoms. The fourth-order valence-corrected chi connectivity index (χ4v) is 2.87. The number of aryl methyl sites for hydroxylation is 1. The van der Waals surface area contributed by atoms with Gasteiger partial charge in [0.05, 0.1) is 7.11 Å². The molecule has 0 radical (unpaired) electrons. The quantitative estimate of drug-likeness (QED) is 0.656. The summed E-state index contributed by atoms with van der Waals surface area (Å²) in [5.74, 6) is 0.847. The highest BCUT2D eigenvalue weighted by molar-refractivity contribution is 5.85. The summed E-state index contributed by atoms with van der Waals surface area (Å²) in [6, 6.07) is 4.68. The summed E-state index contributed by atoms with van der Waals surface area (Å²) in [6.07, 6.45) is -1.49. The number of nitrogens with one attached hydrogen (secondary N) is 2. The zero-order valence-electron chi connectivity index (χ0n) is 15.2. The molecule has 1 amide bonds. The summed E-state index contributed by atoms with van der Waals surface area (Å²) >= 11 is 0. The first-order valence-electron chi connectivity index (χ1n) is 8.71. The second kappa shape index (κ2) is 11.2. The molecule has 2 rings (SSSR count). The van der Waals surface area contributed by atoms with Crippen LogP contribution >= 0.6 is 12.4 Å². The van der Waals surface area contributed by atoms with Crippen molar-refractivity contribution in [2.24, 2.45) is 5.92 Å². The largest absolute Gasteiger partial charge is 0.493 e. The zero-order valence-corrected chi connectivity index (χ0v) is 16.0. The first-order valence-corrected chi connectivity index (χ1v) is 8.71. The fraction of sp³-hybridized carbons (Fsp3) is 0.611. The first-order chi connectivity index (χ1) is 12.4. The maximum Gasteiger partial charge on any atom is 0.422 e. The number of ether oxygens (including phenoxy) is 2. The lowest BCUT2D eigenvalue weighted by atomic mass is 10.1. The number of benzene rings is 1. The van der Waals surface area contributed by atoms with Crippen molar-refractivity contribution in [3.05, 3.63) is 23.8 Å². The molecule has 1 aromatic rings. The lowest BCUT2D eigenvalue weighted by Gasteiger charge is -2.13. The van der Waals surface area contributed by atoms with Crippen LogP contribution in [0.15, 0.2) is 18.2 Å². The maximum absolute atomic E-state index is 12.3. The van der Waals surface area contributed by atoms with E-state index in [9.17, 15) is 18.0 Å². The Kier molecular flexibility index (Phi) is 9.73. The summed E-state index contributed by atoms with van der Waals surface area (Å²) in [5, 5.41) is 6.20. The average Bonchev–Trinajstić information content (AvgIpc) is 3.11. The van der Waals surface area contributed by atoms with E-state index in [-0.39, 0.29) is 29.8 Å². The van der Waals surface area contributed by atoms with E-state index in [4.69, 9.17) is 9.47 Å². The molecule has 1 aliphatic rings. The molecule has 1 aromatic carbocycles. The van der Waals surface area contributed by atoms with E-state index in [0.29, 0.717) is 25.3 Å². The summed E-state index contributed by atoms with van der Waals surface area (Å²) in [6.45, 7) is 1.35. The van der Waals surface area contributed by atoms with Crippen LogP contribution in [0, 0.1) is 5.92 Å². The molecule has 9 heteroatoms. The first kappa shape index (κ1) is 23.4. The van der Waals surface area contributed by atoms with E-state index in [2.05, 4.69) is 10.6 Å². The van der Waals surface area contributed by atoms with Gasteiger partial charge in [-0.3, -0.25) is 4.79 Å². The van der Waals surface area contributed by atoms with Gasteiger partial charge in [-0.15, -0.1) is 12.4 Å². The van der Waals surface area contributed by atoms with Crippen molar-refractivity contribution >= 4 is 18.3 Å². The topological polar surface area (TPSA) is 59.6 Å². The average molecular weight is 411 g/mol. The Labute approximate surface area is 163 Å². The number of carbonyl (C=O) groups excluding carboxylic acids is 1. The Hall–Kier alpha value is -1.67. The molecule has 1 atom stereocenters. The molecule has 1 heterocycles. The van der Waals surface area contributed by atoms with Crippen molar-refractivity contribution in [2.75, 3.05) is 33.4 Å². The van der Waals surface area contributed by atoms with Gasteiger partial charge in [0.1, 0.15) is 0 Å². The van der Waals surface area contributed by atoms with Gasteiger partial charge in [-0.05, 0) is 56.0 Å². The van der Waals surface area contributed by atoms with Crippen LogP contribution in [0.5, 0.6) is 11.5 Å². The standard InChI is InChI=1S/C18H25F3N2O3.ClH/c1-25-16-10-13(2-4-15(16)26-12-18(19,20)21)3-5-17(24)23-9-7-14-6-8-22-11-14;/h2,4,10,14,22H,3,5-9,11-12H2,1H3,(H,23,24);1H. The molecule has 1 aliphatic heterocycles. The smallest absolute Gasteiger partial charge is 0.422 e. The fourth-order valence-electron chi connectivity index (χ4n) is 2.87. The van der Waals surface area contributed by atoms with Crippen molar-refractivity contribution in [1.82, 2.24) is 10.6 Å². The molecule has 0 aromatic heterocycles. The maximum atomic E-state index is 12.3. The summed E-state index contributed by atoms with van der Waals surface area (Å²) in [5.41, 5.74) is 0.802. The van der Waals surface area contributed by atoms with Crippen molar-refractivity contribution < 1.29 is 27.4 Å². The number of halogens is 4.